The van der Waals surface area contributed by atoms with Crippen molar-refractivity contribution in [2.24, 2.45) is 5.92 Å². The fourth-order valence-corrected chi connectivity index (χ4v) is 3.85. The van der Waals surface area contributed by atoms with Gasteiger partial charge in [-0.3, -0.25) is 9.59 Å². The molecule has 1 saturated carbocycles. The van der Waals surface area contributed by atoms with Crippen molar-refractivity contribution in [1.82, 2.24) is 0 Å². The first-order valence-electron chi connectivity index (χ1n) is 9.76. The molecular formula is C22H23FN2O3. The Balaban J connectivity index is 1.41. The van der Waals surface area contributed by atoms with E-state index in [1.165, 1.54) is 18.2 Å². The maximum atomic E-state index is 14.2. The molecule has 1 fully saturated rings. The first-order valence-corrected chi connectivity index (χ1v) is 9.76. The van der Waals surface area contributed by atoms with Gasteiger partial charge in [-0.25, -0.2) is 4.39 Å². The predicted octanol–water partition coefficient (Wildman–Crippen LogP) is 4.29. The van der Waals surface area contributed by atoms with Crippen molar-refractivity contribution in [3.63, 3.8) is 0 Å². The molecule has 28 heavy (non-hydrogen) atoms. The number of ether oxygens (including phenoxy) is 1. The number of halogens is 1. The van der Waals surface area contributed by atoms with Crippen LogP contribution in [0.1, 0.15) is 37.7 Å². The molecule has 0 radical (unpaired) electrons. The molecule has 2 aromatic rings. The maximum Gasteiger partial charge on any atom is 0.265 e. The van der Waals surface area contributed by atoms with E-state index >= 15 is 0 Å². The summed E-state index contributed by atoms with van der Waals surface area (Å²) >= 11 is 0. The topological polar surface area (TPSA) is 67.4 Å². The van der Waals surface area contributed by atoms with E-state index in [9.17, 15) is 14.0 Å². The summed E-state index contributed by atoms with van der Waals surface area (Å²) in [6.07, 6.45) is 4.75. The average Bonchev–Trinajstić information content (AvgIpc) is 3.15. The highest BCUT2D eigenvalue weighted by Crippen LogP contribution is 2.30. The van der Waals surface area contributed by atoms with Gasteiger partial charge in [-0.2, -0.15) is 0 Å². The van der Waals surface area contributed by atoms with Gasteiger partial charge in [-0.15, -0.1) is 0 Å². The smallest absolute Gasteiger partial charge is 0.265 e. The summed E-state index contributed by atoms with van der Waals surface area (Å²) in [6, 6.07) is 11.7. The second-order valence-corrected chi connectivity index (χ2v) is 7.43. The van der Waals surface area contributed by atoms with Gasteiger partial charge in [0.15, 0.2) is 6.10 Å². The number of para-hydroxylation sites is 1. The maximum absolute atomic E-state index is 14.2. The molecule has 0 bridgehead atoms. The van der Waals surface area contributed by atoms with Crippen molar-refractivity contribution in [3.05, 3.63) is 53.8 Å². The predicted molar refractivity (Wildman–Crippen MR) is 105 cm³/mol. The van der Waals surface area contributed by atoms with E-state index in [0.29, 0.717) is 17.9 Å². The number of carbonyl (C=O) groups is 2. The van der Waals surface area contributed by atoms with Crippen LogP contribution in [0.3, 0.4) is 0 Å². The van der Waals surface area contributed by atoms with E-state index in [4.69, 9.17) is 4.74 Å². The molecule has 0 saturated heterocycles. The quantitative estimate of drug-likeness (QED) is 0.829. The number of hydrogen-bond donors (Lipinski definition) is 2. The normalized spacial score (nSPS) is 18.8. The van der Waals surface area contributed by atoms with Crippen LogP contribution in [0.5, 0.6) is 5.75 Å². The van der Waals surface area contributed by atoms with Crippen LogP contribution in [0.15, 0.2) is 42.5 Å². The summed E-state index contributed by atoms with van der Waals surface area (Å²) in [5.41, 5.74) is 1.50. The summed E-state index contributed by atoms with van der Waals surface area (Å²) in [7, 11) is 0. The number of nitrogens with one attached hydrogen (secondary N) is 2. The van der Waals surface area contributed by atoms with Crippen LogP contribution in [0.2, 0.25) is 0 Å². The number of hydrogen-bond acceptors (Lipinski definition) is 3. The molecule has 5 nitrogen and oxygen atoms in total. The van der Waals surface area contributed by atoms with Crippen LogP contribution < -0.4 is 15.4 Å². The lowest BCUT2D eigenvalue weighted by Gasteiger charge is -2.21. The van der Waals surface area contributed by atoms with Crippen molar-refractivity contribution in [2.75, 3.05) is 10.6 Å². The van der Waals surface area contributed by atoms with E-state index < -0.39 is 11.9 Å². The molecule has 0 aromatic heterocycles. The summed E-state index contributed by atoms with van der Waals surface area (Å²) in [5.74, 6) is -0.338. The third kappa shape index (κ3) is 4.01. The fraction of sp³-hybridized carbons (Fsp3) is 0.364. The lowest BCUT2D eigenvalue weighted by atomic mass is 9.88. The first-order chi connectivity index (χ1) is 13.6. The van der Waals surface area contributed by atoms with Crippen LogP contribution in [0.25, 0.3) is 0 Å². The molecule has 1 atom stereocenters. The minimum Gasteiger partial charge on any atom is -0.480 e. The Bertz CT molecular complexity index is 868. The molecule has 2 aliphatic rings. The van der Waals surface area contributed by atoms with Crippen LogP contribution in [-0.2, 0) is 16.0 Å². The minimum atomic E-state index is -0.622. The zero-order valence-corrected chi connectivity index (χ0v) is 15.5. The Morgan fingerprint density at radius 3 is 2.54 bits per heavy atom. The fourth-order valence-electron chi connectivity index (χ4n) is 3.85. The van der Waals surface area contributed by atoms with Gasteiger partial charge in [0.05, 0.1) is 5.69 Å². The number of amides is 2. The van der Waals surface area contributed by atoms with Crippen molar-refractivity contribution >= 4 is 23.2 Å². The number of fused-ring (bicyclic) bond motifs is 1. The van der Waals surface area contributed by atoms with Gasteiger partial charge in [-0.1, -0.05) is 37.5 Å². The highest BCUT2D eigenvalue weighted by molar-refractivity contribution is 5.97. The van der Waals surface area contributed by atoms with Crippen LogP contribution in [0, 0.1) is 11.7 Å². The highest BCUT2D eigenvalue weighted by atomic mass is 19.1. The standard InChI is InChI=1S/C22H23FN2O3/c23-17-11-10-16(13-18(17)25-21(26)14-6-2-1-3-7-14)24-22(27)20-12-15-8-4-5-9-19(15)28-20/h4-5,8-11,13-14,20H,1-3,6-7,12H2,(H,24,27)(H,25,26). The van der Waals surface area contributed by atoms with Crippen molar-refractivity contribution in [3.8, 4) is 5.75 Å². The Morgan fingerprint density at radius 2 is 1.75 bits per heavy atom. The zero-order valence-electron chi connectivity index (χ0n) is 15.5. The molecule has 4 rings (SSSR count). The molecule has 1 aliphatic heterocycles. The first kappa shape index (κ1) is 18.5. The average molecular weight is 382 g/mol. The molecular weight excluding hydrogens is 359 g/mol. The van der Waals surface area contributed by atoms with E-state index in [-0.39, 0.29) is 23.4 Å². The number of rotatable bonds is 4. The summed E-state index contributed by atoms with van der Waals surface area (Å²) in [5, 5.41) is 5.44. The van der Waals surface area contributed by atoms with Gasteiger partial charge in [0.1, 0.15) is 11.6 Å². The number of benzene rings is 2. The third-order valence-corrected chi connectivity index (χ3v) is 5.41. The Morgan fingerprint density at radius 1 is 0.964 bits per heavy atom. The molecule has 2 N–H and O–H groups in total. The van der Waals surface area contributed by atoms with Gasteiger partial charge in [0, 0.05) is 18.0 Å². The van der Waals surface area contributed by atoms with Crippen molar-refractivity contribution in [1.29, 1.82) is 0 Å². The van der Waals surface area contributed by atoms with E-state index in [0.717, 1.165) is 37.7 Å². The van der Waals surface area contributed by atoms with Gasteiger partial charge in [0.25, 0.3) is 5.91 Å². The molecule has 146 valence electrons. The highest BCUT2D eigenvalue weighted by Gasteiger charge is 2.29. The van der Waals surface area contributed by atoms with Crippen molar-refractivity contribution < 1.29 is 18.7 Å². The van der Waals surface area contributed by atoms with Gasteiger partial charge in [0.2, 0.25) is 5.91 Å². The van der Waals surface area contributed by atoms with Gasteiger partial charge >= 0.3 is 0 Å². The molecule has 0 spiro atoms. The van der Waals surface area contributed by atoms with Gasteiger partial charge in [-0.05, 0) is 42.7 Å². The Hall–Kier alpha value is -2.89. The molecule has 6 heteroatoms. The number of anilines is 2. The SMILES string of the molecule is O=C(Nc1cc(NC(=O)C2Cc3ccccc3O2)ccc1F)C1CCCCC1. The summed E-state index contributed by atoms with van der Waals surface area (Å²) < 4.78 is 19.8. The molecule has 1 heterocycles. The van der Waals surface area contributed by atoms with Crippen LogP contribution in [0.4, 0.5) is 15.8 Å². The summed E-state index contributed by atoms with van der Waals surface area (Å²) in [4.78, 5) is 24.9. The second-order valence-electron chi connectivity index (χ2n) is 7.43. The molecule has 1 unspecified atom stereocenters. The monoisotopic (exact) mass is 382 g/mol. The van der Waals surface area contributed by atoms with Crippen LogP contribution >= 0.6 is 0 Å². The van der Waals surface area contributed by atoms with E-state index in [2.05, 4.69) is 10.6 Å². The Labute approximate surface area is 163 Å². The zero-order chi connectivity index (χ0) is 19.5. The molecule has 2 amide bonds. The largest absolute Gasteiger partial charge is 0.480 e. The lowest BCUT2D eigenvalue weighted by Crippen LogP contribution is -2.31. The minimum absolute atomic E-state index is 0.0724. The molecule has 1 aliphatic carbocycles. The van der Waals surface area contributed by atoms with E-state index in [1.807, 2.05) is 24.3 Å². The molecule has 2 aromatic carbocycles. The Kier molecular flexibility index (Phi) is 5.28. The van der Waals surface area contributed by atoms with Crippen LogP contribution in [-0.4, -0.2) is 17.9 Å². The van der Waals surface area contributed by atoms with Crippen molar-refractivity contribution in [2.45, 2.75) is 44.6 Å². The second kappa shape index (κ2) is 8.00. The summed E-state index contributed by atoms with van der Waals surface area (Å²) in [6.45, 7) is 0. The van der Waals surface area contributed by atoms with Gasteiger partial charge < -0.3 is 15.4 Å². The third-order valence-electron chi connectivity index (χ3n) is 5.41. The lowest BCUT2D eigenvalue weighted by molar-refractivity contribution is -0.122. The van der Waals surface area contributed by atoms with E-state index in [1.54, 1.807) is 0 Å². The number of carbonyl (C=O) groups excluding carboxylic acids is 2.